The van der Waals surface area contributed by atoms with Crippen LogP contribution in [0.25, 0.3) is 10.9 Å². The summed E-state index contributed by atoms with van der Waals surface area (Å²) in [4.78, 5) is 16.8. The second-order valence-electron chi connectivity index (χ2n) is 4.31. The number of rotatable bonds is 2. The van der Waals surface area contributed by atoms with E-state index in [1.165, 1.54) is 6.07 Å². The second-order valence-corrected chi connectivity index (χ2v) is 5.16. The van der Waals surface area contributed by atoms with Gasteiger partial charge in [0.25, 0.3) is 0 Å². The van der Waals surface area contributed by atoms with E-state index >= 15 is 0 Å². The first-order valence-corrected chi connectivity index (χ1v) is 6.80. The van der Waals surface area contributed by atoms with Gasteiger partial charge in [-0.25, -0.2) is 4.39 Å². The molecule has 0 aliphatic carbocycles. The highest BCUT2D eigenvalue weighted by Gasteiger charge is 2.19. The normalized spacial score (nSPS) is 10.7. The van der Waals surface area contributed by atoms with Crippen molar-refractivity contribution in [1.29, 1.82) is 0 Å². The van der Waals surface area contributed by atoms with Crippen LogP contribution >= 0.6 is 15.9 Å². The molecule has 0 fully saturated rings. The molecule has 0 amide bonds. The van der Waals surface area contributed by atoms with Gasteiger partial charge < -0.3 is 0 Å². The van der Waals surface area contributed by atoms with E-state index < -0.39 is 5.82 Å². The van der Waals surface area contributed by atoms with Gasteiger partial charge in [0.1, 0.15) is 5.82 Å². The predicted octanol–water partition coefficient (Wildman–Crippen LogP) is 4.37. The summed E-state index contributed by atoms with van der Waals surface area (Å²) < 4.78 is 14.4. The average molecular weight is 330 g/mol. The smallest absolute Gasteiger partial charge is 0.199 e. The summed E-state index contributed by atoms with van der Waals surface area (Å²) in [7, 11) is 0. The van der Waals surface area contributed by atoms with Gasteiger partial charge in [0.2, 0.25) is 0 Å². The molecule has 2 aromatic carbocycles. The van der Waals surface area contributed by atoms with Crippen LogP contribution in [0.5, 0.6) is 0 Å². The van der Waals surface area contributed by atoms with E-state index in [1.807, 2.05) is 12.1 Å². The van der Waals surface area contributed by atoms with Gasteiger partial charge in [0, 0.05) is 21.6 Å². The van der Waals surface area contributed by atoms with Gasteiger partial charge in [-0.15, -0.1) is 0 Å². The van der Waals surface area contributed by atoms with Crippen molar-refractivity contribution in [3.63, 3.8) is 0 Å². The Labute approximate surface area is 123 Å². The predicted molar refractivity (Wildman–Crippen MR) is 79.3 cm³/mol. The van der Waals surface area contributed by atoms with Crippen LogP contribution in [0.2, 0.25) is 0 Å². The van der Waals surface area contributed by atoms with Crippen LogP contribution in [0.1, 0.15) is 15.9 Å². The van der Waals surface area contributed by atoms with Gasteiger partial charge >= 0.3 is 0 Å². The summed E-state index contributed by atoms with van der Waals surface area (Å²) in [6.45, 7) is 0. The Morgan fingerprint density at radius 1 is 1.05 bits per heavy atom. The maximum Gasteiger partial charge on any atom is 0.199 e. The number of ketones is 1. The number of para-hydroxylation sites is 1. The highest BCUT2D eigenvalue weighted by molar-refractivity contribution is 9.10. The molecule has 3 aromatic rings. The number of pyridine rings is 1. The van der Waals surface area contributed by atoms with Crippen LogP contribution in [0.3, 0.4) is 0 Å². The van der Waals surface area contributed by atoms with Crippen molar-refractivity contribution in [2.24, 2.45) is 0 Å². The van der Waals surface area contributed by atoms with Crippen LogP contribution < -0.4 is 0 Å². The molecule has 20 heavy (non-hydrogen) atoms. The second kappa shape index (κ2) is 5.13. The largest absolute Gasteiger partial charge is 0.288 e. The Bertz CT molecular complexity index is 791. The van der Waals surface area contributed by atoms with Crippen molar-refractivity contribution in [2.45, 2.75) is 0 Å². The molecule has 0 N–H and O–H groups in total. The molecule has 0 saturated heterocycles. The van der Waals surface area contributed by atoms with Gasteiger partial charge in [0.15, 0.2) is 5.78 Å². The topological polar surface area (TPSA) is 30.0 Å². The lowest BCUT2D eigenvalue weighted by Crippen LogP contribution is -2.06. The zero-order valence-corrected chi connectivity index (χ0v) is 11.9. The number of hydrogen-bond donors (Lipinski definition) is 0. The Kier molecular flexibility index (Phi) is 3.32. The number of nitrogens with zero attached hydrogens (tertiary/aromatic N) is 1. The van der Waals surface area contributed by atoms with Gasteiger partial charge in [-0.05, 0) is 40.2 Å². The van der Waals surface area contributed by atoms with Crippen LogP contribution in [-0.2, 0) is 0 Å². The number of carbonyl (C=O) groups excluding carboxylic acids is 1. The number of aromatic nitrogens is 1. The van der Waals surface area contributed by atoms with E-state index in [9.17, 15) is 9.18 Å². The number of hydrogen-bond acceptors (Lipinski definition) is 2. The van der Waals surface area contributed by atoms with Crippen LogP contribution in [0.15, 0.2) is 59.2 Å². The lowest BCUT2D eigenvalue weighted by molar-refractivity contribution is 0.103. The SMILES string of the molecule is O=C(c1c(F)cccc1Br)c1cccc2cccnc12. The van der Waals surface area contributed by atoms with Gasteiger partial charge in [0.05, 0.1) is 11.1 Å². The highest BCUT2D eigenvalue weighted by Crippen LogP contribution is 2.25. The van der Waals surface area contributed by atoms with Crippen LogP contribution in [-0.4, -0.2) is 10.8 Å². The van der Waals surface area contributed by atoms with Crippen molar-refractivity contribution in [3.05, 3.63) is 76.1 Å². The van der Waals surface area contributed by atoms with Gasteiger partial charge in [-0.1, -0.05) is 24.3 Å². The molecule has 1 aromatic heterocycles. The van der Waals surface area contributed by atoms with E-state index in [4.69, 9.17) is 0 Å². The van der Waals surface area contributed by atoms with E-state index in [1.54, 1.807) is 36.5 Å². The third-order valence-electron chi connectivity index (χ3n) is 3.07. The first-order valence-electron chi connectivity index (χ1n) is 6.01. The van der Waals surface area contributed by atoms with Crippen molar-refractivity contribution in [1.82, 2.24) is 4.98 Å². The Hall–Kier alpha value is -2.07. The molecule has 0 bridgehead atoms. The standard InChI is InChI=1S/C16H9BrFNO/c17-12-7-2-8-13(18)14(12)16(20)11-6-1-4-10-5-3-9-19-15(10)11/h1-9H. The Balaban J connectivity index is 2.24. The van der Waals surface area contributed by atoms with Crippen LogP contribution in [0.4, 0.5) is 4.39 Å². The minimum Gasteiger partial charge on any atom is -0.288 e. The summed E-state index contributed by atoms with van der Waals surface area (Å²) in [6, 6.07) is 13.5. The summed E-state index contributed by atoms with van der Waals surface area (Å²) in [5.74, 6) is -0.920. The number of fused-ring (bicyclic) bond motifs is 1. The first-order chi connectivity index (χ1) is 9.68. The lowest BCUT2D eigenvalue weighted by atomic mass is 10.00. The first kappa shape index (κ1) is 12.9. The highest BCUT2D eigenvalue weighted by atomic mass is 79.9. The molecule has 0 unspecified atom stereocenters. The molecule has 0 radical (unpaired) electrons. The Morgan fingerprint density at radius 3 is 2.60 bits per heavy atom. The maximum absolute atomic E-state index is 13.9. The van der Waals surface area contributed by atoms with Crippen molar-refractivity contribution >= 4 is 32.6 Å². The molecule has 3 rings (SSSR count). The molecule has 0 saturated carbocycles. The fraction of sp³-hybridized carbons (Fsp3) is 0. The van der Waals surface area contributed by atoms with E-state index in [0.29, 0.717) is 15.6 Å². The molecule has 0 aliphatic heterocycles. The zero-order chi connectivity index (χ0) is 14.1. The number of benzene rings is 2. The molecule has 1 heterocycles. The van der Waals surface area contributed by atoms with Crippen molar-refractivity contribution in [2.75, 3.05) is 0 Å². The summed E-state index contributed by atoms with van der Waals surface area (Å²) in [6.07, 6.45) is 1.62. The van der Waals surface area contributed by atoms with Crippen molar-refractivity contribution in [3.8, 4) is 0 Å². The number of carbonyl (C=O) groups is 1. The summed E-state index contributed by atoms with van der Waals surface area (Å²) >= 11 is 3.23. The molecule has 4 heteroatoms. The summed E-state index contributed by atoms with van der Waals surface area (Å²) in [5.41, 5.74) is 1.01. The van der Waals surface area contributed by atoms with E-state index in [0.717, 1.165) is 5.39 Å². The average Bonchev–Trinajstić information content (AvgIpc) is 2.46. The number of halogens is 2. The summed E-state index contributed by atoms with van der Waals surface area (Å²) in [5, 5.41) is 0.853. The maximum atomic E-state index is 13.9. The quantitative estimate of drug-likeness (QED) is 0.653. The molecule has 0 atom stereocenters. The minimum absolute atomic E-state index is 0.0330. The third-order valence-corrected chi connectivity index (χ3v) is 3.73. The lowest BCUT2D eigenvalue weighted by Gasteiger charge is -2.07. The molecule has 0 aliphatic rings. The molecular formula is C16H9BrFNO. The van der Waals surface area contributed by atoms with Crippen LogP contribution in [0, 0.1) is 5.82 Å². The monoisotopic (exact) mass is 329 g/mol. The van der Waals surface area contributed by atoms with Gasteiger partial charge in [-0.3, -0.25) is 9.78 Å². The molecular weight excluding hydrogens is 321 g/mol. The fourth-order valence-electron chi connectivity index (χ4n) is 2.14. The van der Waals surface area contributed by atoms with Crippen molar-refractivity contribution < 1.29 is 9.18 Å². The molecule has 2 nitrogen and oxygen atoms in total. The fourth-order valence-corrected chi connectivity index (χ4v) is 2.66. The third kappa shape index (κ3) is 2.12. The Morgan fingerprint density at radius 2 is 1.80 bits per heavy atom. The van der Waals surface area contributed by atoms with E-state index in [-0.39, 0.29) is 11.3 Å². The molecule has 0 spiro atoms. The van der Waals surface area contributed by atoms with E-state index in [2.05, 4.69) is 20.9 Å². The zero-order valence-electron chi connectivity index (χ0n) is 10.3. The molecule has 98 valence electrons. The van der Waals surface area contributed by atoms with Gasteiger partial charge in [-0.2, -0.15) is 0 Å². The minimum atomic E-state index is -0.544.